The molecule has 1 fully saturated rings. The summed E-state index contributed by atoms with van der Waals surface area (Å²) in [5, 5.41) is 0. The molecule has 0 aliphatic carbocycles. The SMILES string of the molecule is CCN1CCN(c2cccc(C=O)c2C(=O)N(C)C(C)c2cccc(N(Cc3ccccc3)C(=O)OC(C)(C)C)c2)CC1. The predicted octanol–water partition coefficient (Wildman–Crippen LogP) is 6.42. The highest BCUT2D eigenvalue weighted by Crippen LogP contribution is 2.31. The van der Waals surface area contributed by atoms with Gasteiger partial charge in [0.05, 0.1) is 23.8 Å². The molecule has 0 saturated carbocycles. The summed E-state index contributed by atoms with van der Waals surface area (Å²) in [6.45, 7) is 14.4. The van der Waals surface area contributed by atoms with Crippen molar-refractivity contribution in [1.29, 1.82) is 0 Å². The molecule has 8 nitrogen and oxygen atoms in total. The van der Waals surface area contributed by atoms with Gasteiger partial charge in [-0.25, -0.2) is 4.79 Å². The number of piperazine rings is 1. The number of anilines is 2. The molecule has 0 bridgehead atoms. The van der Waals surface area contributed by atoms with Gasteiger partial charge in [0.1, 0.15) is 5.60 Å². The average molecular weight is 585 g/mol. The van der Waals surface area contributed by atoms with Crippen LogP contribution in [0.15, 0.2) is 72.8 Å². The Labute approximate surface area is 255 Å². The second kappa shape index (κ2) is 13.9. The van der Waals surface area contributed by atoms with Crippen molar-refractivity contribution >= 4 is 29.7 Å². The Kier molecular flexibility index (Phi) is 10.2. The van der Waals surface area contributed by atoms with Crippen LogP contribution in [0.25, 0.3) is 0 Å². The fourth-order valence-corrected chi connectivity index (χ4v) is 5.33. The van der Waals surface area contributed by atoms with Crippen molar-refractivity contribution in [3.05, 3.63) is 95.1 Å². The van der Waals surface area contributed by atoms with E-state index >= 15 is 0 Å². The van der Waals surface area contributed by atoms with Crippen molar-refractivity contribution in [1.82, 2.24) is 9.80 Å². The quantitative estimate of drug-likeness (QED) is 0.271. The molecule has 1 atom stereocenters. The van der Waals surface area contributed by atoms with Crippen molar-refractivity contribution in [3.63, 3.8) is 0 Å². The molecular weight excluding hydrogens is 540 g/mol. The number of carbonyl (C=O) groups excluding carboxylic acids is 3. The summed E-state index contributed by atoms with van der Waals surface area (Å²) in [5.74, 6) is -0.221. The molecule has 43 heavy (non-hydrogen) atoms. The van der Waals surface area contributed by atoms with E-state index in [1.165, 1.54) is 0 Å². The van der Waals surface area contributed by atoms with E-state index in [-0.39, 0.29) is 11.9 Å². The lowest BCUT2D eigenvalue weighted by molar-refractivity contribution is 0.0576. The first kappa shape index (κ1) is 31.8. The number of carbonyl (C=O) groups is 3. The van der Waals surface area contributed by atoms with Gasteiger partial charge in [0.15, 0.2) is 6.29 Å². The number of hydrogen-bond acceptors (Lipinski definition) is 6. The van der Waals surface area contributed by atoms with Gasteiger partial charge in [-0.05, 0) is 63.6 Å². The lowest BCUT2D eigenvalue weighted by Crippen LogP contribution is -2.47. The van der Waals surface area contributed by atoms with E-state index < -0.39 is 11.7 Å². The van der Waals surface area contributed by atoms with Crippen LogP contribution in [0.2, 0.25) is 0 Å². The van der Waals surface area contributed by atoms with Gasteiger partial charge in [-0.3, -0.25) is 14.5 Å². The Hall–Kier alpha value is -4.17. The Morgan fingerprint density at radius 3 is 2.26 bits per heavy atom. The van der Waals surface area contributed by atoms with Crippen molar-refractivity contribution < 1.29 is 19.1 Å². The first-order valence-electron chi connectivity index (χ1n) is 15.0. The summed E-state index contributed by atoms with van der Waals surface area (Å²) in [6.07, 6.45) is 0.318. The molecule has 1 saturated heterocycles. The minimum atomic E-state index is -0.656. The zero-order valence-electron chi connectivity index (χ0n) is 26.2. The first-order valence-corrected chi connectivity index (χ1v) is 15.0. The van der Waals surface area contributed by atoms with E-state index in [4.69, 9.17) is 4.74 Å². The van der Waals surface area contributed by atoms with E-state index in [2.05, 4.69) is 16.7 Å². The number of hydrogen-bond donors (Lipinski definition) is 0. The highest BCUT2D eigenvalue weighted by molar-refractivity contribution is 6.06. The van der Waals surface area contributed by atoms with E-state index in [1.807, 2.05) is 94.4 Å². The minimum Gasteiger partial charge on any atom is -0.443 e. The first-order chi connectivity index (χ1) is 20.5. The van der Waals surface area contributed by atoms with Crippen LogP contribution >= 0.6 is 0 Å². The van der Waals surface area contributed by atoms with Crippen molar-refractivity contribution in [2.24, 2.45) is 0 Å². The molecule has 0 aromatic heterocycles. The van der Waals surface area contributed by atoms with E-state index in [9.17, 15) is 14.4 Å². The molecule has 3 aromatic rings. The molecule has 0 spiro atoms. The Morgan fingerprint density at radius 2 is 1.63 bits per heavy atom. The predicted molar refractivity (Wildman–Crippen MR) is 172 cm³/mol. The number of benzene rings is 3. The molecule has 1 unspecified atom stereocenters. The summed E-state index contributed by atoms with van der Waals surface area (Å²) < 4.78 is 5.76. The van der Waals surface area contributed by atoms with Crippen molar-refractivity contribution in [2.45, 2.75) is 52.8 Å². The summed E-state index contributed by atoms with van der Waals surface area (Å²) in [7, 11) is 1.76. The fourth-order valence-electron chi connectivity index (χ4n) is 5.33. The molecule has 4 rings (SSSR count). The molecule has 0 N–H and O–H groups in total. The second-order valence-electron chi connectivity index (χ2n) is 12.0. The third kappa shape index (κ3) is 7.82. The number of nitrogens with zero attached hydrogens (tertiary/aromatic N) is 4. The number of aldehydes is 1. The largest absolute Gasteiger partial charge is 0.443 e. The van der Waals surface area contributed by atoms with Gasteiger partial charge in [-0.2, -0.15) is 0 Å². The van der Waals surface area contributed by atoms with Crippen LogP contribution in [-0.2, 0) is 11.3 Å². The monoisotopic (exact) mass is 584 g/mol. The lowest BCUT2D eigenvalue weighted by atomic mass is 10.0. The van der Waals surface area contributed by atoms with E-state index in [0.29, 0.717) is 23.4 Å². The zero-order valence-corrected chi connectivity index (χ0v) is 26.2. The summed E-state index contributed by atoms with van der Waals surface area (Å²) in [4.78, 5) is 47.4. The van der Waals surface area contributed by atoms with Gasteiger partial charge in [-0.1, -0.05) is 61.5 Å². The Balaban J connectivity index is 1.63. The molecule has 8 heteroatoms. The summed E-state index contributed by atoms with van der Waals surface area (Å²) in [6, 6.07) is 22.5. The van der Waals surface area contributed by atoms with Gasteiger partial charge in [0, 0.05) is 44.5 Å². The number of amides is 2. The standard InChI is InChI=1S/C35H44N4O4/c1-7-37-19-21-38(22-20-37)31-18-12-16-29(25-40)32(31)33(41)36(6)26(2)28-15-11-17-30(23-28)39(34(42)43-35(3,4)5)24-27-13-9-8-10-14-27/h8-18,23,25-26H,7,19-22,24H2,1-6H3. The maximum absolute atomic E-state index is 14.1. The number of likely N-dealkylation sites (N-methyl/N-ethyl adjacent to an activating group) is 1. The van der Waals surface area contributed by atoms with Crippen LogP contribution in [0.3, 0.4) is 0 Å². The normalized spacial score (nSPS) is 14.6. The summed E-state index contributed by atoms with van der Waals surface area (Å²) >= 11 is 0. The highest BCUT2D eigenvalue weighted by atomic mass is 16.6. The molecule has 2 amide bonds. The molecule has 0 radical (unpaired) electrons. The highest BCUT2D eigenvalue weighted by Gasteiger charge is 2.29. The Bertz CT molecular complexity index is 1410. The van der Waals surface area contributed by atoms with Gasteiger partial charge in [0.25, 0.3) is 5.91 Å². The van der Waals surface area contributed by atoms with Crippen LogP contribution in [0.5, 0.6) is 0 Å². The molecular formula is C35H44N4O4. The zero-order chi connectivity index (χ0) is 31.1. The Morgan fingerprint density at radius 1 is 0.953 bits per heavy atom. The van der Waals surface area contributed by atoms with Gasteiger partial charge < -0.3 is 19.4 Å². The van der Waals surface area contributed by atoms with Crippen LogP contribution in [0.1, 0.15) is 72.5 Å². The van der Waals surface area contributed by atoms with Gasteiger partial charge >= 0.3 is 6.09 Å². The van der Waals surface area contributed by atoms with Crippen molar-refractivity contribution in [2.75, 3.05) is 49.6 Å². The molecule has 228 valence electrons. The molecule has 3 aromatic carbocycles. The van der Waals surface area contributed by atoms with Crippen LogP contribution in [-0.4, -0.2) is 73.5 Å². The lowest BCUT2D eigenvalue weighted by Gasteiger charge is -2.37. The fraction of sp³-hybridized carbons (Fsp3) is 0.400. The van der Waals surface area contributed by atoms with Crippen LogP contribution in [0.4, 0.5) is 16.2 Å². The number of ether oxygens (including phenoxy) is 1. The van der Waals surface area contributed by atoms with E-state index in [0.717, 1.165) is 55.8 Å². The van der Waals surface area contributed by atoms with Crippen molar-refractivity contribution in [3.8, 4) is 0 Å². The number of rotatable bonds is 9. The maximum Gasteiger partial charge on any atom is 0.415 e. The second-order valence-corrected chi connectivity index (χ2v) is 12.0. The van der Waals surface area contributed by atoms with Crippen LogP contribution < -0.4 is 9.80 Å². The minimum absolute atomic E-state index is 0.221. The van der Waals surface area contributed by atoms with Crippen LogP contribution in [0, 0.1) is 0 Å². The maximum atomic E-state index is 14.1. The third-order valence-corrected chi connectivity index (χ3v) is 7.94. The van der Waals surface area contributed by atoms with Gasteiger partial charge in [0.2, 0.25) is 0 Å². The average Bonchev–Trinajstić information content (AvgIpc) is 3.01. The third-order valence-electron chi connectivity index (χ3n) is 7.94. The molecule has 1 aliphatic heterocycles. The van der Waals surface area contributed by atoms with E-state index in [1.54, 1.807) is 22.9 Å². The topological polar surface area (TPSA) is 73.4 Å². The molecule has 1 heterocycles. The molecule has 1 aliphatic rings. The smallest absolute Gasteiger partial charge is 0.415 e. The van der Waals surface area contributed by atoms with Gasteiger partial charge in [-0.15, -0.1) is 0 Å². The summed E-state index contributed by atoms with van der Waals surface area (Å²) in [5.41, 5.74) is 3.44.